The smallest absolute Gasteiger partial charge is 0.323 e. The molecule has 0 spiro atoms. The number of carbonyl (C=O) groups excluding carboxylic acids is 2. The van der Waals surface area contributed by atoms with Crippen molar-refractivity contribution in [3.8, 4) is 11.3 Å². The molecule has 3 rings (SSSR count). The van der Waals surface area contributed by atoms with Crippen LogP contribution in [-0.4, -0.2) is 31.1 Å². The maximum absolute atomic E-state index is 12.9. The monoisotopic (exact) mass is 517 g/mol. The number of nitrogens with one attached hydrogen (secondary N) is 1. The third-order valence-electron chi connectivity index (χ3n) is 5.32. The highest BCUT2D eigenvalue weighted by atomic mass is 35.5. The molecule has 1 unspecified atom stereocenters. The van der Waals surface area contributed by atoms with Gasteiger partial charge in [0, 0.05) is 22.0 Å². The largest absolute Gasteiger partial charge is 0.468 e. The van der Waals surface area contributed by atoms with Gasteiger partial charge >= 0.3 is 11.9 Å². The first-order chi connectivity index (χ1) is 16.7. The number of hydrogen-bond donors (Lipinski definition) is 1. The molecule has 2 atom stereocenters. The third-order valence-corrected chi connectivity index (χ3v) is 5.75. The van der Waals surface area contributed by atoms with Gasteiger partial charge in [0.05, 0.1) is 7.11 Å². The van der Waals surface area contributed by atoms with E-state index in [1.807, 2.05) is 44.2 Å². The first-order valence-corrected chi connectivity index (χ1v) is 12.1. The molecule has 186 valence electrons. The van der Waals surface area contributed by atoms with E-state index in [9.17, 15) is 9.59 Å². The van der Waals surface area contributed by atoms with Gasteiger partial charge in [0.25, 0.3) is 0 Å². The Balaban J connectivity index is 1.73. The Morgan fingerprint density at radius 1 is 0.943 bits per heavy atom. The van der Waals surface area contributed by atoms with Crippen LogP contribution in [0.15, 0.2) is 65.1 Å². The number of hydrogen-bond acceptors (Lipinski definition) is 6. The van der Waals surface area contributed by atoms with Gasteiger partial charge in [-0.1, -0.05) is 67.4 Å². The van der Waals surface area contributed by atoms with E-state index < -0.39 is 24.0 Å². The zero-order chi connectivity index (χ0) is 25.4. The average Bonchev–Trinajstić information content (AvgIpc) is 3.29. The summed E-state index contributed by atoms with van der Waals surface area (Å²) in [5, 5.41) is 4.12. The van der Waals surface area contributed by atoms with Crippen LogP contribution in [0.25, 0.3) is 11.3 Å². The molecule has 0 saturated heterocycles. The fourth-order valence-corrected chi connectivity index (χ4v) is 4.19. The van der Waals surface area contributed by atoms with Gasteiger partial charge in [0.1, 0.15) is 30.2 Å². The van der Waals surface area contributed by atoms with Crippen LogP contribution < -0.4 is 5.32 Å². The maximum atomic E-state index is 12.9. The Morgan fingerprint density at radius 2 is 1.63 bits per heavy atom. The van der Waals surface area contributed by atoms with Crippen molar-refractivity contribution < 1.29 is 23.5 Å². The summed E-state index contributed by atoms with van der Waals surface area (Å²) in [4.78, 5) is 25.5. The predicted molar refractivity (Wildman–Crippen MR) is 136 cm³/mol. The topological polar surface area (TPSA) is 77.8 Å². The van der Waals surface area contributed by atoms with E-state index in [-0.39, 0.29) is 18.9 Å². The number of carbonyl (C=O) groups is 2. The summed E-state index contributed by atoms with van der Waals surface area (Å²) in [5.74, 6) is 0.371. The summed E-state index contributed by atoms with van der Waals surface area (Å²) < 4.78 is 16.5. The minimum Gasteiger partial charge on any atom is -0.468 e. The molecule has 1 aromatic heterocycles. The molecule has 35 heavy (non-hydrogen) atoms. The highest BCUT2D eigenvalue weighted by molar-refractivity contribution is 6.35. The van der Waals surface area contributed by atoms with E-state index >= 15 is 0 Å². The van der Waals surface area contributed by atoms with Gasteiger partial charge in [-0.05, 0) is 48.2 Å². The van der Waals surface area contributed by atoms with Gasteiger partial charge in [0.15, 0.2) is 0 Å². The molecule has 0 aliphatic heterocycles. The van der Waals surface area contributed by atoms with Crippen molar-refractivity contribution in [2.24, 2.45) is 5.92 Å². The lowest BCUT2D eigenvalue weighted by Crippen LogP contribution is -2.49. The Bertz CT molecular complexity index is 1110. The second-order valence-corrected chi connectivity index (χ2v) is 9.52. The number of methoxy groups -OCH3 is 1. The number of halogens is 2. The fraction of sp³-hybridized carbons (Fsp3) is 0.333. The molecule has 8 heteroatoms. The fourth-order valence-electron chi connectivity index (χ4n) is 3.67. The molecule has 0 bridgehead atoms. The summed E-state index contributed by atoms with van der Waals surface area (Å²) in [6.45, 7) is 4.16. The van der Waals surface area contributed by atoms with E-state index in [4.69, 9.17) is 37.1 Å². The van der Waals surface area contributed by atoms with E-state index in [0.29, 0.717) is 28.0 Å². The number of ether oxygens (including phenoxy) is 2. The second-order valence-electron chi connectivity index (χ2n) is 8.65. The van der Waals surface area contributed by atoms with Crippen LogP contribution in [0.2, 0.25) is 10.0 Å². The molecule has 0 fully saturated rings. The van der Waals surface area contributed by atoms with Crippen molar-refractivity contribution in [2.75, 3.05) is 7.11 Å². The predicted octanol–water partition coefficient (Wildman–Crippen LogP) is 6.09. The quantitative estimate of drug-likeness (QED) is 0.310. The minimum absolute atomic E-state index is 0.155. The lowest BCUT2D eigenvalue weighted by Gasteiger charge is -2.24. The van der Waals surface area contributed by atoms with E-state index in [1.165, 1.54) is 7.11 Å². The first-order valence-electron chi connectivity index (χ1n) is 11.3. The van der Waals surface area contributed by atoms with E-state index in [2.05, 4.69) is 5.32 Å². The van der Waals surface area contributed by atoms with Gasteiger partial charge in [-0.2, -0.15) is 0 Å². The standard InChI is InChI=1S/C27H29Cl2NO5/c1-17(2)11-23(27(32)34-16-18-7-5-4-6-8-18)30-24(26(31)33-3)15-22-9-10-25(35-22)19-12-20(28)14-21(29)13-19/h4-10,12-14,17,23-24,30H,11,15-16H2,1-3H3/t23-,24?/m0/s1. The normalized spacial score (nSPS) is 12.9. The van der Waals surface area contributed by atoms with Gasteiger partial charge in [-0.3, -0.25) is 14.9 Å². The van der Waals surface area contributed by atoms with Crippen molar-refractivity contribution in [1.29, 1.82) is 0 Å². The van der Waals surface area contributed by atoms with Gasteiger partial charge < -0.3 is 13.9 Å². The van der Waals surface area contributed by atoms with Crippen molar-refractivity contribution >= 4 is 35.1 Å². The Hall–Kier alpha value is -2.80. The summed E-state index contributed by atoms with van der Waals surface area (Å²) >= 11 is 12.2. The molecule has 0 radical (unpaired) electrons. The molecule has 3 aromatic rings. The van der Waals surface area contributed by atoms with Crippen molar-refractivity contribution in [3.05, 3.63) is 82.0 Å². The van der Waals surface area contributed by atoms with Crippen molar-refractivity contribution in [2.45, 2.75) is 45.4 Å². The lowest BCUT2D eigenvalue weighted by molar-refractivity contribution is -0.149. The van der Waals surface area contributed by atoms with Crippen LogP contribution in [0.1, 0.15) is 31.6 Å². The molecule has 2 aromatic carbocycles. The van der Waals surface area contributed by atoms with Crippen LogP contribution in [0.5, 0.6) is 0 Å². The molecule has 0 aliphatic carbocycles. The lowest BCUT2D eigenvalue weighted by atomic mass is 10.0. The summed E-state index contributed by atoms with van der Waals surface area (Å²) in [7, 11) is 1.31. The highest BCUT2D eigenvalue weighted by Gasteiger charge is 2.30. The number of benzene rings is 2. The van der Waals surface area contributed by atoms with Crippen LogP contribution >= 0.6 is 23.2 Å². The Kier molecular flexibility index (Phi) is 9.78. The highest BCUT2D eigenvalue weighted by Crippen LogP contribution is 2.29. The maximum Gasteiger partial charge on any atom is 0.323 e. The summed E-state index contributed by atoms with van der Waals surface area (Å²) in [6.07, 6.45) is 0.674. The Morgan fingerprint density at radius 3 is 2.26 bits per heavy atom. The summed E-state index contributed by atoms with van der Waals surface area (Å²) in [6, 6.07) is 16.6. The molecule has 6 nitrogen and oxygen atoms in total. The molecule has 1 N–H and O–H groups in total. The number of furan rings is 1. The second kappa shape index (κ2) is 12.8. The number of rotatable bonds is 11. The molecular weight excluding hydrogens is 489 g/mol. The van der Waals surface area contributed by atoms with Crippen molar-refractivity contribution in [3.63, 3.8) is 0 Å². The SMILES string of the molecule is COC(=O)C(Cc1ccc(-c2cc(Cl)cc(Cl)c2)o1)N[C@@H](CC(C)C)C(=O)OCc1ccccc1. The molecule has 0 amide bonds. The number of esters is 2. The molecule has 1 heterocycles. The van der Waals surface area contributed by atoms with Crippen LogP contribution in [0.3, 0.4) is 0 Å². The van der Waals surface area contributed by atoms with E-state index in [1.54, 1.807) is 30.3 Å². The molecule has 0 saturated carbocycles. The minimum atomic E-state index is -0.810. The van der Waals surface area contributed by atoms with Crippen LogP contribution in [-0.2, 0) is 32.1 Å². The van der Waals surface area contributed by atoms with Gasteiger partial charge in [0.2, 0.25) is 0 Å². The van der Waals surface area contributed by atoms with Gasteiger partial charge in [-0.15, -0.1) is 0 Å². The summed E-state index contributed by atoms with van der Waals surface area (Å²) in [5.41, 5.74) is 1.61. The zero-order valence-electron chi connectivity index (χ0n) is 19.9. The zero-order valence-corrected chi connectivity index (χ0v) is 21.4. The van der Waals surface area contributed by atoms with Crippen LogP contribution in [0.4, 0.5) is 0 Å². The Labute approximate surface area is 215 Å². The molecular formula is C27H29Cl2NO5. The first kappa shape index (κ1) is 26.8. The van der Waals surface area contributed by atoms with E-state index in [0.717, 1.165) is 11.1 Å². The third kappa shape index (κ3) is 8.13. The molecule has 0 aliphatic rings. The van der Waals surface area contributed by atoms with Crippen LogP contribution in [0, 0.1) is 5.92 Å². The average molecular weight is 518 g/mol. The van der Waals surface area contributed by atoms with Crippen molar-refractivity contribution in [1.82, 2.24) is 5.32 Å². The van der Waals surface area contributed by atoms with Gasteiger partial charge in [-0.25, -0.2) is 0 Å².